The van der Waals surface area contributed by atoms with Crippen LogP contribution in [0.1, 0.15) is 18.4 Å². The largest absolute Gasteiger partial charge is 0.324 e. The Balaban J connectivity index is 1.52. The zero-order valence-corrected chi connectivity index (χ0v) is 20.6. The van der Waals surface area contributed by atoms with Gasteiger partial charge in [0.05, 0.1) is 16.4 Å². The number of carbonyl (C=O) groups excluding carboxylic acids is 2. The topological polar surface area (TPSA) is 61.8 Å². The number of amidine groups is 1. The summed E-state index contributed by atoms with van der Waals surface area (Å²) in [6.07, 6.45) is 1.71. The lowest BCUT2D eigenvalue weighted by Crippen LogP contribution is -2.45. The minimum absolute atomic E-state index is 0.0842. The Hall–Kier alpha value is -2.80. The Morgan fingerprint density at radius 2 is 1.79 bits per heavy atom. The molecule has 2 amide bonds. The van der Waals surface area contributed by atoms with E-state index in [1.807, 2.05) is 24.3 Å². The number of hydrogen-bond acceptors (Lipinski definition) is 4. The van der Waals surface area contributed by atoms with Gasteiger partial charge in [-0.15, -0.1) is 0 Å². The van der Waals surface area contributed by atoms with E-state index in [1.54, 1.807) is 47.4 Å². The zero-order chi connectivity index (χ0) is 23.9. The monoisotopic (exact) mass is 511 g/mol. The van der Waals surface area contributed by atoms with Gasteiger partial charge in [0.1, 0.15) is 5.25 Å². The van der Waals surface area contributed by atoms with Crippen LogP contribution in [0.4, 0.5) is 11.4 Å². The molecule has 0 saturated carbocycles. The molecule has 1 atom stereocenters. The molecular formula is C26H23Cl2N3O2S. The first-order valence-electron chi connectivity index (χ1n) is 10.9. The fraction of sp³-hybridized carbons (Fsp3) is 0.192. The summed E-state index contributed by atoms with van der Waals surface area (Å²) in [5.74, 6) is -0.416. The van der Waals surface area contributed by atoms with E-state index in [1.165, 1.54) is 17.3 Å². The van der Waals surface area contributed by atoms with E-state index in [0.717, 1.165) is 12.8 Å². The van der Waals surface area contributed by atoms with Crippen molar-refractivity contribution in [2.45, 2.75) is 24.5 Å². The highest BCUT2D eigenvalue weighted by Gasteiger charge is 2.35. The molecular weight excluding hydrogens is 489 g/mol. The third kappa shape index (κ3) is 6.41. The van der Waals surface area contributed by atoms with E-state index in [4.69, 9.17) is 23.2 Å². The summed E-state index contributed by atoms with van der Waals surface area (Å²) >= 11 is 13.6. The van der Waals surface area contributed by atoms with Crippen molar-refractivity contribution in [3.8, 4) is 0 Å². The molecule has 8 heteroatoms. The van der Waals surface area contributed by atoms with Crippen molar-refractivity contribution in [1.82, 2.24) is 4.90 Å². The molecule has 0 aliphatic carbocycles. The van der Waals surface area contributed by atoms with E-state index < -0.39 is 5.25 Å². The van der Waals surface area contributed by atoms with E-state index in [2.05, 4.69) is 22.4 Å². The maximum Gasteiger partial charge on any atom is 0.238 e. The van der Waals surface area contributed by atoms with Crippen molar-refractivity contribution in [3.63, 3.8) is 0 Å². The fourth-order valence-corrected chi connectivity index (χ4v) is 5.07. The van der Waals surface area contributed by atoms with Gasteiger partial charge in [0, 0.05) is 18.0 Å². The number of benzene rings is 3. The van der Waals surface area contributed by atoms with Gasteiger partial charge in [0.25, 0.3) is 0 Å². The SMILES string of the molecule is O=C(Nc1ccccc1Cl)C1CC(=O)N(CCCc2ccccc2)C(=Nc2cccc(Cl)c2)S1. The molecule has 34 heavy (non-hydrogen) atoms. The number of carbonyl (C=O) groups is 2. The van der Waals surface area contributed by atoms with Gasteiger partial charge < -0.3 is 5.32 Å². The summed E-state index contributed by atoms with van der Waals surface area (Å²) in [5, 5.41) is 3.70. The molecule has 1 N–H and O–H groups in total. The molecule has 1 aliphatic heterocycles. The van der Waals surface area contributed by atoms with Crippen molar-refractivity contribution in [2.24, 2.45) is 4.99 Å². The molecule has 1 heterocycles. The van der Waals surface area contributed by atoms with E-state index in [-0.39, 0.29) is 18.2 Å². The highest BCUT2D eigenvalue weighted by molar-refractivity contribution is 8.15. The van der Waals surface area contributed by atoms with Crippen LogP contribution in [0, 0.1) is 0 Å². The van der Waals surface area contributed by atoms with Crippen molar-refractivity contribution in [1.29, 1.82) is 0 Å². The lowest BCUT2D eigenvalue weighted by atomic mass is 10.1. The molecule has 0 radical (unpaired) electrons. The van der Waals surface area contributed by atoms with Crippen LogP contribution in [0.3, 0.4) is 0 Å². The Morgan fingerprint density at radius 3 is 2.56 bits per heavy atom. The molecule has 1 aliphatic rings. The second kappa shape index (κ2) is 11.6. The first-order chi connectivity index (χ1) is 16.5. The third-order valence-electron chi connectivity index (χ3n) is 5.29. The number of nitrogens with zero attached hydrogens (tertiary/aromatic N) is 2. The van der Waals surface area contributed by atoms with Crippen LogP contribution in [-0.4, -0.2) is 33.7 Å². The predicted octanol–water partition coefficient (Wildman–Crippen LogP) is 6.59. The number of nitrogens with one attached hydrogen (secondary N) is 1. The van der Waals surface area contributed by atoms with Crippen LogP contribution in [-0.2, 0) is 16.0 Å². The number of halogens is 2. The lowest BCUT2D eigenvalue weighted by Gasteiger charge is -2.32. The molecule has 5 nitrogen and oxygen atoms in total. The maximum absolute atomic E-state index is 13.1. The Labute approximate surface area is 213 Å². The van der Waals surface area contributed by atoms with Crippen LogP contribution >= 0.6 is 35.0 Å². The summed E-state index contributed by atoms with van der Waals surface area (Å²) in [6.45, 7) is 0.513. The fourth-order valence-electron chi connectivity index (χ4n) is 3.58. The standard InChI is InChI=1S/C26H23Cl2N3O2S/c27-19-11-6-12-20(16-19)29-26-31(15-7-10-18-8-2-1-3-9-18)24(32)17-23(34-26)25(33)30-22-14-5-4-13-21(22)28/h1-6,8-9,11-14,16,23H,7,10,15,17H2,(H,30,33). The molecule has 3 aromatic rings. The number of amides is 2. The first-order valence-corrected chi connectivity index (χ1v) is 12.5. The number of aliphatic imine (C=N–C) groups is 1. The van der Waals surface area contributed by atoms with Crippen molar-refractivity contribution < 1.29 is 9.59 Å². The lowest BCUT2D eigenvalue weighted by molar-refractivity contribution is -0.129. The Morgan fingerprint density at radius 1 is 1.03 bits per heavy atom. The highest BCUT2D eigenvalue weighted by atomic mass is 35.5. The molecule has 1 unspecified atom stereocenters. The van der Waals surface area contributed by atoms with Crippen molar-refractivity contribution >= 4 is 63.3 Å². The molecule has 1 saturated heterocycles. The minimum Gasteiger partial charge on any atom is -0.324 e. The first kappa shape index (κ1) is 24.3. The van der Waals surface area contributed by atoms with Crippen LogP contribution in [0.5, 0.6) is 0 Å². The number of aryl methyl sites for hydroxylation is 1. The maximum atomic E-state index is 13.1. The normalized spacial score (nSPS) is 17.1. The summed E-state index contributed by atoms with van der Waals surface area (Å²) in [6, 6.07) is 24.3. The van der Waals surface area contributed by atoms with Crippen LogP contribution in [0.2, 0.25) is 10.0 Å². The molecule has 1 fully saturated rings. The third-order valence-corrected chi connectivity index (χ3v) is 7.04. The summed E-state index contributed by atoms with van der Waals surface area (Å²) in [5.41, 5.74) is 2.36. The van der Waals surface area contributed by atoms with Crippen LogP contribution in [0.25, 0.3) is 0 Å². The number of thioether (sulfide) groups is 1. The van der Waals surface area contributed by atoms with Gasteiger partial charge in [0.15, 0.2) is 5.17 Å². The van der Waals surface area contributed by atoms with Gasteiger partial charge in [-0.2, -0.15) is 0 Å². The van der Waals surface area contributed by atoms with E-state index in [0.29, 0.717) is 33.1 Å². The average Bonchev–Trinajstić information content (AvgIpc) is 2.82. The number of para-hydroxylation sites is 1. The molecule has 3 aromatic carbocycles. The molecule has 0 spiro atoms. The van der Waals surface area contributed by atoms with Gasteiger partial charge in [-0.25, -0.2) is 4.99 Å². The Kier molecular flexibility index (Phi) is 8.27. The van der Waals surface area contributed by atoms with Gasteiger partial charge >= 0.3 is 0 Å². The average molecular weight is 512 g/mol. The van der Waals surface area contributed by atoms with Gasteiger partial charge in [-0.3, -0.25) is 14.5 Å². The molecule has 0 bridgehead atoms. The summed E-state index contributed by atoms with van der Waals surface area (Å²) in [4.78, 5) is 32.5. The molecule has 174 valence electrons. The number of hydrogen-bond donors (Lipinski definition) is 1. The second-order valence-electron chi connectivity index (χ2n) is 7.79. The van der Waals surface area contributed by atoms with Crippen molar-refractivity contribution in [2.75, 3.05) is 11.9 Å². The molecule has 0 aromatic heterocycles. The summed E-state index contributed by atoms with van der Waals surface area (Å²) < 4.78 is 0. The zero-order valence-electron chi connectivity index (χ0n) is 18.3. The van der Waals surface area contributed by atoms with Crippen LogP contribution in [0.15, 0.2) is 83.9 Å². The van der Waals surface area contributed by atoms with Gasteiger partial charge in [-0.05, 0) is 48.7 Å². The predicted molar refractivity (Wildman–Crippen MR) is 141 cm³/mol. The highest BCUT2D eigenvalue weighted by Crippen LogP contribution is 2.31. The Bertz CT molecular complexity index is 1200. The summed E-state index contributed by atoms with van der Waals surface area (Å²) in [7, 11) is 0. The van der Waals surface area contributed by atoms with Crippen LogP contribution < -0.4 is 5.32 Å². The smallest absolute Gasteiger partial charge is 0.238 e. The quantitative estimate of drug-likeness (QED) is 0.389. The van der Waals surface area contributed by atoms with Gasteiger partial charge in [0.2, 0.25) is 11.8 Å². The second-order valence-corrected chi connectivity index (χ2v) is 9.80. The minimum atomic E-state index is -0.618. The number of anilines is 1. The number of rotatable bonds is 7. The van der Waals surface area contributed by atoms with Gasteiger partial charge in [-0.1, -0.05) is 83.5 Å². The molecule has 4 rings (SSSR count). The van der Waals surface area contributed by atoms with Crippen molar-refractivity contribution in [3.05, 3.63) is 94.5 Å². The van der Waals surface area contributed by atoms with E-state index >= 15 is 0 Å². The van der Waals surface area contributed by atoms with E-state index in [9.17, 15) is 9.59 Å².